The zero-order valence-electron chi connectivity index (χ0n) is 25.9. The van der Waals surface area contributed by atoms with Crippen LogP contribution in [0.2, 0.25) is 0 Å². The molecular weight excluding hydrogens is 545 g/mol. The Morgan fingerprint density at radius 2 is 1.86 bits per heavy atom. The van der Waals surface area contributed by atoms with Crippen LogP contribution in [-0.4, -0.2) is 55.0 Å². The second kappa shape index (κ2) is 11.5. The van der Waals surface area contributed by atoms with Crippen molar-refractivity contribution in [2.24, 2.45) is 5.41 Å². The van der Waals surface area contributed by atoms with E-state index in [9.17, 15) is 23.1 Å². The molecule has 0 spiro atoms. The summed E-state index contributed by atoms with van der Waals surface area (Å²) in [5.74, 6) is 0.719. The number of likely N-dealkylation sites (N-methyl/N-ethyl adjacent to an activating group) is 1. The molecule has 1 amide bonds. The maximum atomic E-state index is 13.5. The molecular formula is C33H43F3N2O4. The van der Waals surface area contributed by atoms with Crippen LogP contribution >= 0.6 is 0 Å². The summed E-state index contributed by atoms with van der Waals surface area (Å²) in [4.78, 5) is 16.8. The lowest BCUT2D eigenvalue weighted by atomic mass is 9.72. The number of anilines is 1. The largest absolute Gasteiger partial charge is 0.496 e. The average molecular weight is 589 g/mol. The summed E-state index contributed by atoms with van der Waals surface area (Å²) in [6, 6.07) is 9.33. The van der Waals surface area contributed by atoms with Gasteiger partial charge in [-0.15, -0.1) is 0 Å². The molecule has 1 fully saturated rings. The van der Waals surface area contributed by atoms with Gasteiger partial charge in [-0.1, -0.05) is 25.5 Å². The summed E-state index contributed by atoms with van der Waals surface area (Å²) >= 11 is 0. The van der Waals surface area contributed by atoms with Gasteiger partial charge in [-0.3, -0.25) is 4.90 Å². The predicted molar refractivity (Wildman–Crippen MR) is 159 cm³/mol. The highest BCUT2D eigenvalue weighted by Crippen LogP contribution is 2.46. The van der Waals surface area contributed by atoms with E-state index in [0.717, 1.165) is 59.5 Å². The summed E-state index contributed by atoms with van der Waals surface area (Å²) in [6.07, 6.45) is -3.36. The maximum Gasteiger partial charge on any atom is 0.416 e. The van der Waals surface area contributed by atoms with Gasteiger partial charge in [-0.05, 0) is 99.4 Å². The highest BCUT2D eigenvalue weighted by molar-refractivity contribution is 5.78. The minimum atomic E-state index is -4.49. The third-order valence-electron chi connectivity index (χ3n) is 8.25. The third kappa shape index (κ3) is 7.05. The molecule has 6 nitrogen and oxygen atoms in total. The van der Waals surface area contributed by atoms with Crippen molar-refractivity contribution in [1.82, 2.24) is 4.90 Å². The summed E-state index contributed by atoms with van der Waals surface area (Å²) in [7, 11) is 3.56. The van der Waals surface area contributed by atoms with Crippen molar-refractivity contribution in [3.8, 4) is 5.75 Å². The number of rotatable bonds is 8. The van der Waals surface area contributed by atoms with E-state index in [0.29, 0.717) is 24.2 Å². The first-order chi connectivity index (χ1) is 19.4. The molecule has 0 radical (unpaired) electrons. The number of alkyl halides is 3. The maximum absolute atomic E-state index is 13.5. The van der Waals surface area contributed by atoms with Gasteiger partial charge in [-0.25, -0.2) is 4.79 Å². The standard InChI is InChI=1S/C33H43F3N2O4/c1-20-13-22(15-24(14-20)33(34,35)36)29-21(2)38(30(39)42-29)18-23-17-31(3,4)12-11-26(23)27-16-25(9-10-28(27)41-8)37(7)19-32(5,6)40/h9-10,13-16,21,29,40H,11-12,17-19H2,1-8H3/t21-,29-/m0/s1. The smallest absolute Gasteiger partial charge is 0.416 e. The van der Waals surface area contributed by atoms with Gasteiger partial charge in [0.25, 0.3) is 0 Å². The molecule has 0 unspecified atom stereocenters. The van der Waals surface area contributed by atoms with Gasteiger partial charge in [0.1, 0.15) is 11.9 Å². The fourth-order valence-electron chi connectivity index (χ4n) is 6.24. The molecule has 4 rings (SSSR count). The Hall–Kier alpha value is -3.20. The van der Waals surface area contributed by atoms with Gasteiger partial charge in [0.15, 0.2) is 0 Å². The first-order valence-corrected chi connectivity index (χ1v) is 14.4. The lowest BCUT2D eigenvalue weighted by Gasteiger charge is -2.36. The number of methoxy groups -OCH3 is 1. The van der Waals surface area contributed by atoms with Crippen LogP contribution in [0.1, 0.15) is 82.2 Å². The number of carbonyl (C=O) groups is 1. The number of carbonyl (C=O) groups excluding carboxylic acids is 1. The van der Waals surface area contributed by atoms with Crippen LogP contribution < -0.4 is 9.64 Å². The minimum Gasteiger partial charge on any atom is -0.496 e. The third-order valence-corrected chi connectivity index (χ3v) is 8.25. The van der Waals surface area contributed by atoms with Crippen molar-refractivity contribution in [2.45, 2.75) is 84.7 Å². The van der Waals surface area contributed by atoms with Crippen molar-refractivity contribution in [3.63, 3.8) is 0 Å². The number of aliphatic hydroxyl groups is 1. The Bertz CT molecular complexity index is 1360. The van der Waals surface area contributed by atoms with Crippen LogP contribution in [0.25, 0.3) is 5.57 Å². The number of cyclic esters (lactones) is 1. The van der Waals surface area contributed by atoms with E-state index in [1.54, 1.807) is 38.8 Å². The van der Waals surface area contributed by atoms with Gasteiger partial charge in [-0.2, -0.15) is 13.2 Å². The van der Waals surface area contributed by atoms with E-state index >= 15 is 0 Å². The number of hydrogen-bond acceptors (Lipinski definition) is 5. The molecule has 0 bridgehead atoms. The highest BCUT2D eigenvalue weighted by atomic mass is 19.4. The Morgan fingerprint density at radius 3 is 2.48 bits per heavy atom. The molecule has 1 heterocycles. The molecule has 0 aromatic heterocycles. The van der Waals surface area contributed by atoms with Gasteiger partial charge in [0, 0.05) is 31.4 Å². The number of allylic oxidation sites excluding steroid dienone is 1. The lowest BCUT2D eigenvalue weighted by molar-refractivity contribution is -0.137. The Morgan fingerprint density at radius 1 is 1.17 bits per heavy atom. The predicted octanol–water partition coefficient (Wildman–Crippen LogP) is 7.78. The minimum absolute atomic E-state index is 0.00576. The summed E-state index contributed by atoms with van der Waals surface area (Å²) in [5, 5.41) is 10.4. The molecule has 9 heteroatoms. The molecule has 1 N–H and O–H groups in total. The quantitative estimate of drug-likeness (QED) is 0.341. The fourth-order valence-corrected chi connectivity index (χ4v) is 6.24. The Labute approximate surface area is 247 Å². The van der Waals surface area contributed by atoms with E-state index < -0.39 is 35.6 Å². The number of halogens is 3. The Kier molecular flexibility index (Phi) is 8.67. The topological polar surface area (TPSA) is 62.2 Å². The Balaban J connectivity index is 1.71. The zero-order chi connectivity index (χ0) is 31.2. The number of benzene rings is 2. The van der Waals surface area contributed by atoms with Crippen LogP contribution in [0.15, 0.2) is 42.0 Å². The van der Waals surface area contributed by atoms with Crippen LogP contribution in [-0.2, 0) is 10.9 Å². The molecule has 42 heavy (non-hydrogen) atoms. The summed E-state index contributed by atoms with van der Waals surface area (Å²) in [5.41, 5.74) is 3.22. The van der Waals surface area contributed by atoms with Gasteiger partial charge in [0.05, 0.1) is 24.3 Å². The molecule has 0 saturated carbocycles. The summed E-state index contributed by atoms with van der Waals surface area (Å²) < 4.78 is 52.1. The first-order valence-electron chi connectivity index (χ1n) is 14.4. The fraction of sp³-hybridized carbons (Fsp3) is 0.545. The van der Waals surface area contributed by atoms with Gasteiger partial charge >= 0.3 is 12.3 Å². The van der Waals surface area contributed by atoms with Gasteiger partial charge < -0.3 is 19.5 Å². The van der Waals surface area contributed by atoms with Crippen LogP contribution in [0, 0.1) is 12.3 Å². The number of hydrogen-bond donors (Lipinski definition) is 1. The first kappa shape index (κ1) is 31.7. The number of ether oxygens (including phenoxy) is 2. The van der Waals surface area contributed by atoms with E-state index in [1.807, 2.05) is 31.0 Å². The molecule has 2 aromatic rings. The van der Waals surface area contributed by atoms with Crippen LogP contribution in [0.3, 0.4) is 0 Å². The monoisotopic (exact) mass is 588 g/mol. The summed E-state index contributed by atoms with van der Waals surface area (Å²) in [6.45, 7) is 12.1. The molecule has 1 aliphatic carbocycles. The van der Waals surface area contributed by atoms with Crippen molar-refractivity contribution in [2.75, 3.05) is 32.1 Å². The normalized spacial score (nSPS) is 21.0. The highest BCUT2D eigenvalue weighted by Gasteiger charge is 2.42. The van der Waals surface area contributed by atoms with Crippen LogP contribution in [0.4, 0.5) is 23.7 Å². The molecule has 2 aromatic carbocycles. The van der Waals surface area contributed by atoms with Gasteiger partial charge in [0.2, 0.25) is 0 Å². The molecule has 1 aliphatic heterocycles. The molecule has 2 atom stereocenters. The van der Waals surface area contributed by atoms with Crippen molar-refractivity contribution in [3.05, 3.63) is 64.2 Å². The second-order valence-corrected chi connectivity index (χ2v) is 13.3. The average Bonchev–Trinajstić information content (AvgIpc) is 3.14. The van der Waals surface area contributed by atoms with Crippen molar-refractivity contribution >= 4 is 17.4 Å². The van der Waals surface area contributed by atoms with Crippen molar-refractivity contribution in [1.29, 1.82) is 0 Å². The number of amides is 1. The van der Waals surface area contributed by atoms with Crippen LogP contribution in [0.5, 0.6) is 5.75 Å². The van der Waals surface area contributed by atoms with E-state index in [1.165, 1.54) is 0 Å². The number of nitrogens with zero attached hydrogens (tertiary/aromatic N) is 2. The zero-order valence-corrected chi connectivity index (χ0v) is 25.9. The molecule has 230 valence electrons. The van der Waals surface area contributed by atoms with E-state index in [4.69, 9.17) is 9.47 Å². The second-order valence-electron chi connectivity index (χ2n) is 13.3. The molecule has 2 aliphatic rings. The van der Waals surface area contributed by atoms with Crippen molar-refractivity contribution < 1.29 is 32.5 Å². The number of aryl methyl sites for hydroxylation is 1. The SMILES string of the molecule is COc1ccc(N(C)CC(C)(C)O)cc1C1=C(CN2C(=O)O[C@H](c3cc(C)cc(C(F)(F)F)c3)[C@@H]2C)CC(C)(C)CC1. The van der Waals surface area contributed by atoms with E-state index in [2.05, 4.69) is 19.9 Å². The molecule has 1 saturated heterocycles. The van der Waals surface area contributed by atoms with E-state index in [-0.39, 0.29) is 5.41 Å². The lowest BCUT2D eigenvalue weighted by Crippen LogP contribution is -2.36.